The van der Waals surface area contributed by atoms with Crippen molar-refractivity contribution in [2.45, 2.75) is 6.61 Å². The van der Waals surface area contributed by atoms with Crippen molar-refractivity contribution in [1.82, 2.24) is 0 Å². The second-order valence-electron chi connectivity index (χ2n) is 5.54. The molecule has 0 atom stereocenters. The van der Waals surface area contributed by atoms with E-state index < -0.39 is 0 Å². The zero-order valence-corrected chi connectivity index (χ0v) is 17.9. The number of ether oxygens (including phenoxy) is 2. The van der Waals surface area contributed by atoms with Crippen molar-refractivity contribution in [2.24, 2.45) is 4.99 Å². The summed E-state index contributed by atoms with van der Waals surface area (Å²) in [6, 6.07) is 21.9. The fourth-order valence-electron chi connectivity index (χ4n) is 2.35. The van der Waals surface area contributed by atoms with Gasteiger partial charge in [0, 0.05) is 10.7 Å². The summed E-state index contributed by atoms with van der Waals surface area (Å²) >= 11 is 5.70. The number of rotatable bonds is 6. The predicted molar refractivity (Wildman–Crippen MR) is 118 cm³/mol. The molecule has 132 valence electrons. The van der Waals surface area contributed by atoms with Crippen LogP contribution in [0.2, 0.25) is 0 Å². The van der Waals surface area contributed by atoms with Gasteiger partial charge < -0.3 is 9.47 Å². The van der Waals surface area contributed by atoms with Gasteiger partial charge in [-0.15, -0.1) is 0 Å². The van der Waals surface area contributed by atoms with Crippen LogP contribution in [0.1, 0.15) is 11.1 Å². The van der Waals surface area contributed by atoms with Gasteiger partial charge in [0.1, 0.15) is 6.61 Å². The van der Waals surface area contributed by atoms with Crippen molar-refractivity contribution >= 4 is 50.4 Å². The number of aliphatic imine (C=N–C) groups is 1. The minimum absolute atomic E-state index is 0.483. The number of methoxy groups -OCH3 is 1. The Morgan fingerprint density at radius 3 is 2.46 bits per heavy atom. The maximum atomic E-state index is 6.01. The highest BCUT2D eigenvalue weighted by Crippen LogP contribution is 2.34. The molecule has 0 spiro atoms. The van der Waals surface area contributed by atoms with Gasteiger partial charge in [-0.25, -0.2) is 0 Å². The molecule has 0 unspecified atom stereocenters. The summed E-state index contributed by atoms with van der Waals surface area (Å²) < 4.78 is 13.6. The lowest BCUT2D eigenvalue weighted by molar-refractivity contribution is 0.282. The average molecular weight is 522 g/mol. The van der Waals surface area contributed by atoms with Crippen molar-refractivity contribution in [1.29, 1.82) is 0 Å². The molecule has 3 aromatic rings. The Morgan fingerprint density at radius 2 is 1.77 bits per heavy atom. The van der Waals surface area contributed by atoms with E-state index in [4.69, 9.17) is 9.47 Å². The number of hydrogen-bond donors (Lipinski definition) is 0. The molecule has 0 bridgehead atoms. The first-order chi connectivity index (χ1) is 12.7. The lowest BCUT2D eigenvalue weighted by Crippen LogP contribution is -2.00. The standard InChI is InChI=1S/C21H17BrINO2/c1-25-20-12-16(13-24-18-5-3-2-4-6-18)11-19(23)21(20)26-14-15-7-9-17(22)10-8-15/h2-13H,14H2,1H3. The Bertz CT molecular complexity index is 896. The topological polar surface area (TPSA) is 30.8 Å². The smallest absolute Gasteiger partial charge is 0.174 e. The van der Waals surface area contributed by atoms with E-state index in [0.29, 0.717) is 12.4 Å². The third-order valence-corrected chi connectivity index (χ3v) is 5.00. The molecule has 5 heteroatoms. The Kier molecular flexibility index (Phi) is 6.68. The molecule has 0 heterocycles. The summed E-state index contributed by atoms with van der Waals surface area (Å²) in [6.45, 7) is 0.483. The van der Waals surface area contributed by atoms with E-state index in [9.17, 15) is 0 Å². The number of halogens is 2. The molecule has 0 aliphatic heterocycles. The van der Waals surface area contributed by atoms with E-state index in [1.165, 1.54) is 0 Å². The molecule has 0 aliphatic rings. The van der Waals surface area contributed by atoms with Gasteiger partial charge in [-0.05, 0) is 70.1 Å². The van der Waals surface area contributed by atoms with Gasteiger partial charge in [0.05, 0.1) is 16.4 Å². The van der Waals surface area contributed by atoms with Crippen molar-refractivity contribution in [3.8, 4) is 11.5 Å². The maximum Gasteiger partial charge on any atom is 0.174 e. The van der Waals surface area contributed by atoms with Gasteiger partial charge in [-0.2, -0.15) is 0 Å². The monoisotopic (exact) mass is 521 g/mol. The maximum absolute atomic E-state index is 6.01. The fourth-order valence-corrected chi connectivity index (χ4v) is 3.40. The third kappa shape index (κ3) is 5.08. The molecular formula is C21H17BrINO2. The van der Waals surface area contributed by atoms with Crippen LogP contribution in [-0.2, 0) is 6.61 Å². The van der Waals surface area contributed by atoms with Crippen LogP contribution in [0, 0.1) is 3.57 Å². The van der Waals surface area contributed by atoms with Gasteiger partial charge in [0.2, 0.25) is 0 Å². The van der Waals surface area contributed by atoms with E-state index >= 15 is 0 Å². The van der Waals surface area contributed by atoms with Crippen LogP contribution in [0.5, 0.6) is 11.5 Å². The Morgan fingerprint density at radius 1 is 1.04 bits per heavy atom. The van der Waals surface area contributed by atoms with E-state index in [2.05, 4.69) is 43.5 Å². The summed E-state index contributed by atoms with van der Waals surface area (Å²) in [7, 11) is 1.65. The van der Waals surface area contributed by atoms with Gasteiger partial charge >= 0.3 is 0 Å². The molecule has 3 rings (SSSR count). The molecule has 0 saturated heterocycles. The molecule has 0 radical (unpaired) electrons. The number of para-hydroxylation sites is 1. The van der Waals surface area contributed by atoms with Crippen LogP contribution < -0.4 is 9.47 Å². The zero-order valence-electron chi connectivity index (χ0n) is 14.2. The molecule has 3 aromatic carbocycles. The highest BCUT2D eigenvalue weighted by molar-refractivity contribution is 14.1. The summed E-state index contributed by atoms with van der Waals surface area (Å²) in [5, 5.41) is 0. The lowest BCUT2D eigenvalue weighted by atomic mass is 10.2. The molecule has 3 nitrogen and oxygen atoms in total. The first-order valence-corrected chi connectivity index (χ1v) is 9.87. The molecule has 0 amide bonds. The summed E-state index contributed by atoms with van der Waals surface area (Å²) in [6.07, 6.45) is 1.83. The Hall–Kier alpha value is -1.86. The quantitative estimate of drug-likeness (QED) is 0.278. The second-order valence-corrected chi connectivity index (χ2v) is 7.62. The molecule has 0 aliphatic carbocycles. The third-order valence-electron chi connectivity index (χ3n) is 3.67. The normalized spacial score (nSPS) is 10.9. The summed E-state index contributed by atoms with van der Waals surface area (Å²) in [4.78, 5) is 4.50. The van der Waals surface area contributed by atoms with Crippen LogP contribution in [0.25, 0.3) is 0 Å². The van der Waals surface area contributed by atoms with Crippen molar-refractivity contribution < 1.29 is 9.47 Å². The number of benzene rings is 3. The van der Waals surface area contributed by atoms with Gasteiger partial charge in [-0.3, -0.25) is 4.99 Å². The van der Waals surface area contributed by atoms with Crippen molar-refractivity contribution in [2.75, 3.05) is 7.11 Å². The molecule has 0 N–H and O–H groups in total. The second kappa shape index (κ2) is 9.19. The lowest BCUT2D eigenvalue weighted by Gasteiger charge is -2.13. The molecular weight excluding hydrogens is 505 g/mol. The van der Waals surface area contributed by atoms with Crippen LogP contribution in [0.3, 0.4) is 0 Å². The van der Waals surface area contributed by atoms with E-state index in [-0.39, 0.29) is 0 Å². The van der Waals surface area contributed by atoms with Crippen LogP contribution in [0.4, 0.5) is 5.69 Å². The molecule has 0 saturated carbocycles. The van der Waals surface area contributed by atoms with Crippen LogP contribution in [0.15, 0.2) is 76.2 Å². The minimum atomic E-state index is 0.483. The average Bonchev–Trinajstić information content (AvgIpc) is 2.67. The highest BCUT2D eigenvalue weighted by Gasteiger charge is 2.11. The van der Waals surface area contributed by atoms with Crippen LogP contribution >= 0.6 is 38.5 Å². The SMILES string of the molecule is COc1cc(C=Nc2ccccc2)cc(I)c1OCc1ccc(Br)cc1. The largest absolute Gasteiger partial charge is 0.493 e. The molecule has 26 heavy (non-hydrogen) atoms. The first kappa shape index (κ1) is 18.9. The van der Waals surface area contributed by atoms with Crippen LogP contribution in [-0.4, -0.2) is 13.3 Å². The van der Waals surface area contributed by atoms with E-state index in [0.717, 1.165) is 30.6 Å². The van der Waals surface area contributed by atoms with Gasteiger partial charge in [0.25, 0.3) is 0 Å². The van der Waals surface area contributed by atoms with Crippen molar-refractivity contribution in [3.63, 3.8) is 0 Å². The fraction of sp³-hybridized carbons (Fsp3) is 0.0952. The van der Waals surface area contributed by atoms with E-state index in [1.807, 2.05) is 72.9 Å². The van der Waals surface area contributed by atoms with Crippen molar-refractivity contribution in [3.05, 3.63) is 85.9 Å². The Balaban J connectivity index is 1.78. The zero-order chi connectivity index (χ0) is 18.4. The minimum Gasteiger partial charge on any atom is -0.493 e. The highest BCUT2D eigenvalue weighted by atomic mass is 127. The molecule has 0 aromatic heterocycles. The number of nitrogens with zero attached hydrogens (tertiary/aromatic N) is 1. The predicted octanol–water partition coefficient (Wildman–Crippen LogP) is 6.39. The molecule has 0 fully saturated rings. The number of hydrogen-bond acceptors (Lipinski definition) is 3. The van der Waals surface area contributed by atoms with E-state index in [1.54, 1.807) is 7.11 Å². The summed E-state index contributed by atoms with van der Waals surface area (Å²) in [5.74, 6) is 1.44. The Labute approximate surface area is 175 Å². The summed E-state index contributed by atoms with van der Waals surface area (Å²) in [5.41, 5.74) is 2.98. The first-order valence-electron chi connectivity index (χ1n) is 7.99. The van der Waals surface area contributed by atoms with Gasteiger partial charge in [-0.1, -0.05) is 46.3 Å². The van der Waals surface area contributed by atoms with Gasteiger partial charge in [0.15, 0.2) is 11.5 Å².